The molecule has 3 unspecified atom stereocenters. The van der Waals surface area contributed by atoms with Crippen molar-refractivity contribution in [3.8, 4) is 17.1 Å². The van der Waals surface area contributed by atoms with Crippen LogP contribution in [-0.2, 0) is 61.1 Å². The van der Waals surface area contributed by atoms with E-state index in [-0.39, 0.29) is 70.5 Å². The normalized spacial score (nSPS) is 13.8. The van der Waals surface area contributed by atoms with Gasteiger partial charge in [-0.05, 0) is 252 Å². The van der Waals surface area contributed by atoms with Crippen LogP contribution >= 0.6 is 32.8 Å². The number of nitrogens with zero attached hydrogens (tertiary/aromatic N) is 7. The fourth-order valence-electron chi connectivity index (χ4n) is 15.5. The van der Waals surface area contributed by atoms with Crippen LogP contribution in [0.3, 0.4) is 0 Å². The summed E-state index contributed by atoms with van der Waals surface area (Å²) in [5, 5.41) is 28.3. The Morgan fingerprint density at radius 1 is 0.414 bits per heavy atom. The molecule has 3 fully saturated rings. The number of nitrogens with two attached hydrogens (primary N) is 3. The number of rotatable bonds is 33. The van der Waals surface area contributed by atoms with Gasteiger partial charge in [-0.15, -0.1) is 12.4 Å². The topological polar surface area (TPSA) is 235 Å². The molecule has 3 aromatic heterocycles. The zero-order valence-electron chi connectivity index (χ0n) is 76.8. The first-order chi connectivity index (χ1) is 60.9. The van der Waals surface area contributed by atoms with E-state index in [1.165, 1.54) is 94.2 Å². The van der Waals surface area contributed by atoms with Crippen molar-refractivity contribution >= 4 is 55.8 Å². The minimum absolute atomic E-state index is 0. The summed E-state index contributed by atoms with van der Waals surface area (Å²) in [5.41, 5.74) is 40.3. The van der Waals surface area contributed by atoms with E-state index in [1.54, 1.807) is 26.2 Å². The van der Waals surface area contributed by atoms with Crippen LogP contribution < -0.4 is 38.5 Å². The summed E-state index contributed by atoms with van der Waals surface area (Å²) in [6, 6.07) is 81.6. The van der Waals surface area contributed by atoms with Crippen LogP contribution in [0.15, 0.2) is 237 Å². The van der Waals surface area contributed by atoms with Crippen LogP contribution in [0.2, 0.25) is 0 Å². The van der Waals surface area contributed by atoms with Gasteiger partial charge in [-0.2, -0.15) is 15.3 Å². The molecule has 3 aliphatic carbocycles. The van der Waals surface area contributed by atoms with Crippen LogP contribution in [0, 0.1) is 45.1 Å². The Morgan fingerprint density at radius 2 is 0.703 bits per heavy atom. The summed E-state index contributed by atoms with van der Waals surface area (Å²) < 4.78 is 5.21. The second-order valence-electron chi connectivity index (χ2n) is 37.2. The number of benzene rings is 9. The third kappa shape index (κ3) is 29.6. The number of ketones is 3. The van der Waals surface area contributed by atoms with Gasteiger partial charge in [-0.1, -0.05) is 251 Å². The summed E-state index contributed by atoms with van der Waals surface area (Å²) in [6.07, 6.45) is 9.69. The maximum atomic E-state index is 13.6. The number of aromatic nitrogens is 6. The Balaban J connectivity index is 0.000000189. The molecule has 0 bridgehead atoms. The van der Waals surface area contributed by atoms with Gasteiger partial charge < -0.3 is 38.5 Å². The zero-order valence-corrected chi connectivity index (χ0v) is 80.1. The molecule has 0 radical (unpaired) electrons. The van der Waals surface area contributed by atoms with Crippen LogP contribution in [0.5, 0.6) is 0 Å². The van der Waals surface area contributed by atoms with Crippen molar-refractivity contribution in [3.63, 3.8) is 0 Å². The molecule has 10 N–H and O–H groups in total. The molecular formula is C107H131Cl3N14NiO3. The quantitative estimate of drug-likeness (QED) is 0.00879. The predicted octanol–water partition coefficient (Wildman–Crippen LogP) is 21.8. The summed E-state index contributed by atoms with van der Waals surface area (Å²) in [6.45, 7) is 42.0. The number of halogens is 3. The van der Waals surface area contributed by atoms with E-state index in [1.807, 2.05) is 99.6 Å². The van der Waals surface area contributed by atoms with E-state index >= 15 is 0 Å². The maximum absolute atomic E-state index is 13.6. The first-order valence-electron chi connectivity index (χ1n) is 44.8. The Bertz CT molecular complexity index is 5400. The van der Waals surface area contributed by atoms with E-state index < -0.39 is 0 Å². The molecule has 12 aromatic rings. The standard InChI is InChI=1S/C35H41N3O.C34H36N4O.C34H40N4O.C4H13N3.3ClH.Ni/c1-6-25-9-8-12-31(21-25)38-32(19-24(2)37-38)33(39)22-27-10-7-11-29(20-27)34(36-23-26-13-14-26)28-15-17-30(18-16-28)35(3,4)5;1-23-18-31(38(37-23)30-11-7-10-29(21-30)35-5)32(39)20-25-8-6-9-27(19-25)33(36-22-24-12-13-24)26-14-16-28(17-15-26)34(2,3)4;1-23-17-31(38(37-23)30-10-6-8-26(19-30)21-35)32(39)20-25-7-5-9-28(18-25)33(36-22-24-11-12-24)27-13-15-29(16-14-27)34(2,3)4;5-1-3-7-4-2-6;;;;/h7-12,15-21,26,34,36H,6,13-14,22-23H2,1-5H3;6-11,14-19,21,24,33,36H,12-13,20,22H2,1-4H3;5-10,13-19,24,33,36H,11-12,20-22,35H2,1-4H3;7H,1-6H2;3*1H;/q;;;;;;;+2/p-2. The molecule has 0 amide bonds. The summed E-state index contributed by atoms with van der Waals surface area (Å²) in [5.74, 6) is 2.43. The van der Waals surface area contributed by atoms with Crippen molar-refractivity contribution < 1.29 is 27.0 Å². The summed E-state index contributed by atoms with van der Waals surface area (Å²) in [7, 11) is 9.40. The molecule has 15 rings (SSSR count). The number of aryl methyl sites for hydroxylation is 4. The molecule has 21 heteroatoms. The van der Waals surface area contributed by atoms with E-state index in [9.17, 15) is 14.4 Å². The van der Waals surface area contributed by atoms with Gasteiger partial charge in [-0.3, -0.25) is 14.4 Å². The molecule has 17 nitrogen and oxygen atoms in total. The Morgan fingerprint density at radius 3 is 0.992 bits per heavy atom. The van der Waals surface area contributed by atoms with Crippen LogP contribution in [0.4, 0.5) is 5.69 Å². The van der Waals surface area contributed by atoms with E-state index in [0.717, 1.165) is 113 Å². The van der Waals surface area contributed by atoms with Gasteiger partial charge in [0.1, 0.15) is 17.1 Å². The van der Waals surface area contributed by atoms with Crippen molar-refractivity contribution in [1.82, 2.24) is 50.6 Å². The van der Waals surface area contributed by atoms with Gasteiger partial charge in [0, 0.05) is 52.0 Å². The number of hydrogen-bond acceptors (Lipinski definition) is 13. The number of carbonyl (C=O) groups is 3. The molecule has 0 aliphatic heterocycles. The van der Waals surface area contributed by atoms with Crippen molar-refractivity contribution in [2.45, 2.75) is 195 Å². The van der Waals surface area contributed by atoms with E-state index in [0.29, 0.717) is 67.9 Å². The molecule has 3 atom stereocenters. The van der Waals surface area contributed by atoms with E-state index in [2.05, 4.69) is 256 Å². The molecular weight excluding hydrogens is 1690 g/mol. The van der Waals surface area contributed by atoms with Gasteiger partial charge in [0.15, 0.2) is 23.0 Å². The molecule has 3 heterocycles. The molecule has 9 aromatic carbocycles. The van der Waals surface area contributed by atoms with Crippen molar-refractivity contribution in [2.75, 3.05) is 45.8 Å². The van der Waals surface area contributed by atoms with Crippen LogP contribution in [-0.4, -0.2) is 92.5 Å². The Kier molecular flexibility index (Phi) is 37.4. The van der Waals surface area contributed by atoms with Gasteiger partial charge in [0.05, 0.1) is 58.8 Å². The molecule has 3 saturated carbocycles. The Hall–Kier alpha value is -9.81. The fourth-order valence-corrected chi connectivity index (χ4v) is 15.5. The number of carbonyl (C=O) groups excluding carboxylic acids is 3. The SMILES string of the molecule is CCc1cccc(-n2nc(C)cc2C(=O)Cc2cccc(C(NCC3CC3)c3ccc(C(C)(C)C)cc3)c2)c1.Cc1cc(C(=O)Cc2cccc(C(NCC3CC3)c3ccc(C(C)(C)C)cc3)c2)n(-c2cccc(CN)c2)n1.Cl.NCCNCCN.[C-]#[N+]c1cccc(-n2nc(C)cc2C(=O)Cc2cccc(C(NCC3CC3)c3ccc(C(C)(C)C)cc3)c2)c1.[Cl][Ni][Cl]. The van der Waals surface area contributed by atoms with Gasteiger partial charge in [-0.25, -0.2) is 18.9 Å². The first-order valence-corrected chi connectivity index (χ1v) is 47.6. The molecule has 0 saturated heterocycles. The van der Waals surface area contributed by atoms with Crippen molar-refractivity contribution in [2.24, 2.45) is 35.0 Å². The molecule has 678 valence electrons. The van der Waals surface area contributed by atoms with Gasteiger partial charge in [0.25, 0.3) is 0 Å². The molecule has 0 spiro atoms. The number of Topliss-reactive ketones (excluding diaryl/α,β-unsaturated/α-hetero) is 3. The van der Waals surface area contributed by atoms with Crippen LogP contribution in [0.1, 0.15) is 252 Å². The second-order valence-corrected chi connectivity index (χ2v) is 38.8. The van der Waals surface area contributed by atoms with Gasteiger partial charge >= 0.3 is 33.0 Å². The summed E-state index contributed by atoms with van der Waals surface area (Å²) in [4.78, 5) is 44.3. The average molecular weight is 1830 g/mol. The van der Waals surface area contributed by atoms with Crippen molar-refractivity contribution in [3.05, 3.63) is 360 Å². The van der Waals surface area contributed by atoms with Crippen molar-refractivity contribution in [1.29, 1.82) is 0 Å². The molecule has 3 aliphatic rings. The predicted molar refractivity (Wildman–Crippen MR) is 525 cm³/mol. The number of nitrogens with one attached hydrogen (secondary N) is 4. The Labute approximate surface area is 780 Å². The third-order valence-corrected chi connectivity index (χ3v) is 23.4. The second kappa shape index (κ2) is 47.7. The average Bonchev–Trinajstić information content (AvgIpc) is 1.59. The molecule has 128 heavy (non-hydrogen) atoms. The number of hydrogen-bond donors (Lipinski definition) is 7. The van der Waals surface area contributed by atoms with E-state index in [4.69, 9.17) is 44.2 Å². The van der Waals surface area contributed by atoms with Gasteiger partial charge in [0.2, 0.25) is 0 Å². The zero-order chi connectivity index (χ0) is 91.0. The summed E-state index contributed by atoms with van der Waals surface area (Å²) >= 11 is 0.569. The monoisotopic (exact) mass is 1820 g/mol. The first kappa shape index (κ1) is 100. The third-order valence-electron chi connectivity index (χ3n) is 23.4. The fraction of sp³-hybridized carbons (Fsp3) is 0.374. The minimum atomic E-state index is -0.00187. The van der Waals surface area contributed by atoms with Crippen LogP contribution in [0.25, 0.3) is 21.9 Å².